The topological polar surface area (TPSA) is 166 Å². The van der Waals surface area contributed by atoms with Gasteiger partial charge < -0.3 is 20.5 Å². The van der Waals surface area contributed by atoms with Crippen LogP contribution in [0.4, 0.5) is 21.1 Å². The van der Waals surface area contributed by atoms with Gasteiger partial charge in [-0.3, -0.25) is 20.0 Å². The summed E-state index contributed by atoms with van der Waals surface area (Å²) in [6.45, 7) is 1.02. The van der Waals surface area contributed by atoms with E-state index in [0.29, 0.717) is 46.7 Å². The number of rotatable bonds is 6. The summed E-state index contributed by atoms with van der Waals surface area (Å²) < 4.78 is 5.89. The molecule has 0 unspecified atom stereocenters. The number of carboxylic acid groups (broad SMARTS) is 1. The third-order valence-electron chi connectivity index (χ3n) is 7.43. The molecule has 0 bridgehead atoms. The number of aromatic amines is 1. The monoisotopic (exact) mass is 588 g/mol. The Labute approximate surface area is 244 Å². The van der Waals surface area contributed by atoms with Crippen LogP contribution < -0.4 is 20.9 Å². The predicted molar refractivity (Wildman–Crippen MR) is 154 cm³/mol. The number of carbonyl (C=O) groups is 4. The number of hydrogen-bond acceptors (Lipinski definition) is 7. The van der Waals surface area contributed by atoms with Gasteiger partial charge >= 0.3 is 12.2 Å². The van der Waals surface area contributed by atoms with Crippen LogP contribution in [-0.4, -0.2) is 58.4 Å². The minimum Gasteiger partial charge on any atom is -0.465 e. The highest BCUT2D eigenvalue weighted by atomic mass is 35.5. The minimum absolute atomic E-state index is 0.0965. The molecular weight excluding hydrogens is 564 g/mol. The fourth-order valence-electron chi connectivity index (χ4n) is 5.43. The van der Waals surface area contributed by atoms with E-state index in [1.807, 2.05) is 30.3 Å². The van der Waals surface area contributed by atoms with Crippen LogP contribution in [0.3, 0.4) is 0 Å². The van der Waals surface area contributed by atoms with Crippen molar-refractivity contribution in [2.24, 2.45) is 0 Å². The van der Waals surface area contributed by atoms with Gasteiger partial charge in [-0.25, -0.2) is 14.5 Å². The van der Waals surface area contributed by atoms with Gasteiger partial charge in [-0.15, -0.1) is 0 Å². The van der Waals surface area contributed by atoms with Gasteiger partial charge in [0.25, 0.3) is 11.8 Å². The fourth-order valence-corrected chi connectivity index (χ4v) is 5.61. The molecule has 1 spiro atoms. The van der Waals surface area contributed by atoms with E-state index in [9.17, 15) is 19.2 Å². The van der Waals surface area contributed by atoms with Gasteiger partial charge in [0.2, 0.25) is 0 Å². The average Bonchev–Trinajstić information content (AvgIpc) is 3.60. The Bertz CT molecular complexity index is 1720. The van der Waals surface area contributed by atoms with E-state index in [1.165, 1.54) is 12.1 Å². The highest BCUT2D eigenvalue weighted by Gasteiger charge is 2.49. The molecule has 1 aromatic heterocycles. The first-order valence-corrected chi connectivity index (χ1v) is 13.5. The van der Waals surface area contributed by atoms with Crippen LogP contribution in [0, 0.1) is 0 Å². The maximum absolute atomic E-state index is 14.1. The Balaban J connectivity index is 1.33. The number of benzene rings is 3. The van der Waals surface area contributed by atoms with Crippen LogP contribution in [0.5, 0.6) is 0 Å². The number of anilines is 2. The number of imide groups is 1. The first-order valence-electron chi connectivity index (χ1n) is 13.1. The highest BCUT2D eigenvalue weighted by Crippen LogP contribution is 2.44. The van der Waals surface area contributed by atoms with E-state index in [2.05, 4.69) is 26.1 Å². The molecular formula is C29H25ClN6O6. The predicted octanol–water partition coefficient (Wildman–Crippen LogP) is 4.02. The number of nitrogens with one attached hydrogen (secondary N) is 4. The highest BCUT2D eigenvalue weighted by molar-refractivity contribution is 6.31. The van der Waals surface area contributed by atoms with Crippen molar-refractivity contribution < 1.29 is 29.0 Å². The van der Waals surface area contributed by atoms with Crippen molar-refractivity contribution in [2.45, 2.75) is 24.5 Å². The second kappa shape index (κ2) is 10.8. The Morgan fingerprint density at radius 3 is 2.67 bits per heavy atom. The lowest BCUT2D eigenvalue weighted by atomic mass is 9.89. The summed E-state index contributed by atoms with van der Waals surface area (Å²) in [4.78, 5) is 53.0. The molecule has 0 aliphatic carbocycles. The smallest absolute Gasteiger partial charge is 0.422 e. The maximum Gasteiger partial charge on any atom is 0.422 e. The van der Waals surface area contributed by atoms with Crippen LogP contribution in [0.2, 0.25) is 5.02 Å². The lowest BCUT2D eigenvalue weighted by Gasteiger charge is -2.40. The van der Waals surface area contributed by atoms with Crippen molar-refractivity contribution in [3.63, 3.8) is 0 Å². The molecule has 5 N–H and O–H groups in total. The van der Waals surface area contributed by atoms with E-state index in [4.69, 9.17) is 21.4 Å². The van der Waals surface area contributed by atoms with Crippen LogP contribution in [0.1, 0.15) is 27.9 Å². The standard InChI is InChI=1S/C29H25ClN6O6/c30-18-7-9-23-20(14-18)29(10-11-31-15-29)42-28(41)36(23)26(38)22(12-16-4-2-1-3-5-16)32-25(37)17-6-8-19-21(13-17)34-35-24(19)33-27(39)40/h1-9,13-14,22,31H,10-12,15H2,(H,32,37)(H,39,40)(H2,33,34,35)/t22-,29-/m0/s1. The zero-order chi connectivity index (χ0) is 29.4. The number of hydrogen-bond donors (Lipinski definition) is 5. The Hall–Kier alpha value is -4.94. The van der Waals surface area contributed by atoms with Gasteiger partial charge in [-0.2, -0.15) is 5.10 Å². The summed E-state index contributed by atoms with van der Waals surface area (Å²) in [6, 6.07) is 17.4. The van der Waals surface area contributed by atoms with Crippen LogP contribution in [0.15, 0.2) is 66.7 Å². The van der Waals surface area contributed by atoms with Gasteiger partial charge in [-0.1, -0.05) is 41.9 Å². The molecule has 6 rings (SSSR count). The lowest BCUT2D eigenvalue weighted by Crippen LogP contribution is -2.56. The van der Waals surface area contributed by atoms with Crippen LogP contribution >= 0.6 is 11.6 Å². The first kappa shape index (κ1) is 27.2. The fraction of sp³-hybridized carbons (Fsp3) is 0.207. The van der Waals surface area contributed by atoms with E-state index in [1.54, 1.807) is 24.3 Å². The van der Waals surface area contributed by atoms with Crippen molar-refractivity contribution >= 4 is 58.0 Å². The Kier molecular flexibility index (Phi) is 7.01. The number of nitrogens with zero attached hydrogens (tertiary/aromatic N) is 2. The number of amides is 4. The summed E-state index contributed by atoms with van der Waals surface area (Å²) in [5.41, 5.74) is 1.41. The number of H-pyrrole nitrogens is 1. The van der Waals surface area contributed by atoms with Crippen molar-refractivity contribution in [3.05, 3.63) is 88.4 Å². The lowest BCUT2D eigenvalue weighted by molar-refractivity contribution is -0.120. The molecule has 3 aromatic carbocycles. The Morgan fingerprint density at radius 1 is 1.12 bits per heavy atom. The van der Waals surface area contributed by atoms with E-state index < -0.39 is 35.6 Å². The molecule has 0 radical (unpaired) electrons. The van der Waals surface area contributed by atoms with Crippen molar-refractivity contribution in [3.8, 4) is 0 Å². The molecule has 42 heavy (non-hydrogen) atoms. The first-order chi connectivity index (χ1) is 20.2. The molecule has 214 valence electrons. The number of ether oxygens (including phenoxy) is 1. The van der Waals surface area contributed by atoms with Crippen molar-refractivity contribution in [2.75, 3.05) is 23.3 Å². The van der Waals surface area contributed by atoms with Gasteiger partial charge in [0.15, 0.2) is 11.4 Å². The summed E-state index contributed by atoms with van der Waals surface area (Å²) in [5.74, 6) is -1.15. The number of fused-ring (bicyclic) bond motifs is 3. The molecule has 1 saturated heterocycles. The van der Waals surface area contributed by atoms with E-state index in [-0.39, 0.29) is 17.8 Å². The van der Waals surface area contributed by atoms with Crippen LogP contribution in [0.25, 0.3) is 10.9 Å². The average molecular weight is 589 g/mol. The van der Waals surface area contributed by atoms with Crippen LogP contribution in [-0.2, 0) is 21.6 Å². The third kappa shape index (κ3) is 5.01. The molecule has 2 atom stereocenters. The number of halogens is 1. The van der Waals surface area contributed by atoms with Crippen molar-refractivity contribution in [1.82, 2.24) is 20.8 Å². The molecule has 13 heteroatoms. The minimum atomic E-state index is -1.28. The van der Waals surface area contributed by atoms with Gasteiger partial charge in [0, 0.05) is 40.9 Å². The molecule has 1 fully saturated rings. The molecule has 3 heterocycles. The summed E-state index contributed by atoms with van der Waals surface area (Å²) in [5, 5.41) is 24.7. The molecule has 2 aliphatic rings. The number of carbonyl (C=O) groups excluding carboxylic acids is 3. The largest absolute Gasteiger partial charge is 0.465 e. The maximum atomic E-state index is 14.1. The van der Waals surface area contributed by atoms with Gasteiger partial charge in [-0.05, 0) is 48.5 Å². The normalized spacial score (nSPS) is 18.4. The SMILES string of the molecule is O=C(O)Nc1n[nH]c2cc(C(=O)N[C@@H](Cc3ccccc3)C(=O)N3C(=O)O[C@]4(CCNC4)c4cc(Cl)ccc43)ccc12. The second-order valence-corrected chi connectivity index (χ2v) is 10.5. The van der Waals surface area contributed by atoms with Crippen molar-refractivity contribution in [1.29, 1.82) is 0 Å². The zero-order valence-corrected chi connectivity index (χ0v) is 22.8. The molecule has 4 amide bonds. The van der Waals surface area contributed by atoms with E-state index in [0.717, 1.165) is 10.5 Å². The summed E-state index contributed by atoms with van der Waals surface area (Å²) >= 11 is 6.31. The molecule has 12 nitrogen and oxygen atoms in total. The Morgan fingerprint density at radius 2 is 1.93 bits per heavy atom. The molecule has 0 saturated carbocycles. The zero-order valence-electron chi connectivity index (χ0n) is 22.0. The molecule has 2 aliphatic heterocycles. The summed E-state index contributed by atoms with van der Waals surface area (Å²) in [7, 11) is 0. The molecule has 4 aromatic rings. The van der Waals surface area contributed by atoms with E-state index >= 15 is 0 Å². The van der Waals surface area contributed by atoms with Gasteiger partial charge in [0.1, 0.15) is 6.04 Å². The third-order valence-corrected chi connectivity index (χ3v) is 7.66. The summed E-state index contributed by atoms with van der Waals surface area (Å²) in [6.07, 6.45) is -1.48. The van der Waals surface area contributed by atoms with Gasteiger partial charge in [0.05, 0.1) is 11.2 Å². The second-order valence-electron chi connectivity index (χ2n) is 10.1. The quantitative estimate of drug-likeness (QED) is 0.225. The number of aromatic nitrogens is 2.